The normalized spacial score (nSPS) is 11.4. The van der Waals surface area contributed by atoms with Crippen molar-refractivity contribution in [2.45, 2.75) is 74.3 Å². The Bertz CT molecular complexity index is 723. The van der Waals surface area contributed by atoms with Crippen LogP contribution in [0.5, 0.6) is 0 Å². The number of methoxy groups -OCH3 is 2. The summed E-state index contributed by atoms with van der Waals surface area (Å²) in [6.07, 6.45) is 4.25. The van der Waals surface area contributed by atoms with Gasteiger partial charge in [-0.05, 0) is 29.7 Å². The monoisotopic (exact) mass is 477 g/mol. The van der Waals surface area contributed by atoms with Crippen LogP contribution < -0.4 is 0 Å². The number of allylic oxidation sites excluding steroid dienone is 2. The number of rotatable bonds is 11. The summed E-state index contributed by atoms with van der Waals surface area (Å²) in [5.41, 5.74) is 3.35. The maximum absolute atomic E-state index is 13.2. The summed E-state index contributed by atoms with van der Waals surface area (Å²) < 4.78 is 10.5. The smallest absolute Gasteiger partial charge is 0.257 e. The first-order valence-corrected chi connectivity index (χ1v) is 12.5. The fourth-order valence-electron chi connectivity index (χ4n) is 2.66. The van der Waals surface area contributed by atoms with Crippen LogP contribution in [0.2, 0.25) is 0 Å². The van der Waals surface area contributed by atoms with Crippen LogP contribution >= 0.6 is 0 Å². The minimum atomic E-state index is -0.153. The van der Waals surface area contributed by atoms with Crippen molar-refractivity contribution < 1.29 is 19.4 Å². The Hall–Kier alpha value is -2.37. The van der Waals surface area contributed by atoms with Gasteiger partial charge < -0.3 is 19.5 Å². The van der Waals surface area contributed by atoms with Crippen molar-refractivity contribution in [1.82, 2.24) is 4.90 Å². The topological polar surface area (TPSA) is 59.0 Å². The molecule has 1 aromatic rings. The Balaban J connectivity index is -0.00000148. The summed E-state index contributed by atoms with van der Waals surface area (Å²) in [7, 11) is 4.89. The Morgan fingerprint density at radius 3 is 2.21 bits per heavy atom. The molecule has 5 nitrogen and oxygen atoms in total. The van der Waals surface area contributed by atoms with Gasteiger partial charge in [-0.1, -0.05) is 91.8 Å². The second kappa shape index (κ2) is 23.8. The van der Waals surface area contributed by atoms with Crippen LogP contribution in [0.1, 0.15) is 78.9 Å². The molecule has 1 N–H and O–H groups in total. The third kappa shape index (κ3) is 14.0. The van der Waals surface area contributed by atoms with E-state index in [0.29, 0.717) is 24.5 Å². The third-order valence-corrected chi connectivity index (χ3v) is 4.51. The zero-order valence-electron chi connectivity index (χ0n) is 23.7. The van der Waals surface area contributed by atoms with E-state index in [2.05, 4.69) is 6.58 Å². The molecule has 0 saturated heterocycles. The lowest BCUT2D eigenvalue weighted by molar-refractivity contribution is -0.126. The van der Waals surface area contributed by atoms with Crippen molar-refractivity contribution in [3.05, 3.63) is 71.0 Å². The summed E-state index contributed by atoms with van der Waals surface area (Å²) in [5.74, 6) is 0.372. The van der Waals surface area contributed by atoms with Crippen molar-refractivity contribution in [3.63, 3.8) is 0 Å². The Morgan fingerprint density at radius 1 is 1.15 bits per heavy atom. The third-order valence-electron chi connectivity index (χ3n) is 4.51. The number of hydrogen-bond acceptors (Lipinski definition) is 4. The van der Waals surface area contributed by atoms with Crippen LogP contribution in [0.15, 0.2) is 59.9 Å². The summed E-state index contributed by atoms with van der Waals surface area (Å²) in [6, 6.07) is 7.93. The summed E-state index contributed by atoms with van der Waals surface area (Å²) in [6.45, 7) is 20.8. The molecule has 5 heteroatoms. The van der Waals surface area contributed by atoms with E-state index in [0.717, 1.165) is 23.1 Å². The predicted octanol–water partition coefficient (Wildman–Crippen LogP) is 6.89. The summed E-state index contributed by atoms with van der Waals surface area (Å²) in [5, 5.41) is 9.38. The zero-order valence-corrected chi connectivity index (χ0v) is 23.7. The molecule has 0 aliphatic heterocycles. The first kappa shape index (κ1) is 36.2. The van der Waals surface area contributed by atoms with Crippen LogP contribution in [0, 0.1) is 0 Å². The summed E-state index contributed by atoms with van der Waals surface area (Å²) in [4.78, 5) is 14.8. The minimum absolute atomic E-state index is 0.0568. The molecule has 0 aliphatic rings. The number of hydrogen-bond donors (Lipinski definition) is 1. The molecule has 0 aromatic heterocycles. The molecular weight excluding hydrogens is 426 g/mol. The van der Waals surface area contributed by atoms with Gasteiger partial charge in [0.25, 0.3) is 5.91 Å². The minimum Gasteiger partial charge on any atom is -0.496 e. The molecule has 1 atom stereocenters. The molecule has 0 heterocycles. The molecular formula is C29H51NO4. The second-order valence-corrected chi connectivity index (χ2v) is 6.79. The lowest BCUT2D eigenvalue weighted by Crippen LogP contribution is -2.29. The van der Waals surface area contributed by atoms with Crippen LogP contribution in [0.25, 0.3) is 0 Å². The van der Waals surface area contributed by atoms with E-state index in [4.69, 9.17) is 9.47 Å². The number of amides is 1. The van der Waals surface area contributed by atoms with Gasteiger partial charge >= 0.3 is 0 Å². The molecule has 0 spiro atoms. The van der Waals surface area contributed by atoms with Gasteiger partial charge in [-0.15, -0.1) is 0 Å². The number of ether oxygens (including phenoxy) is 2. The van der Waals surface area contributed by atoms with Crippen LogP contribution in [-0.2, 0) is 20.8 Å². The maximum Gasteiger partial charge on any atom is 0.257 e. The number of aliphatic hydroxyl groups excluding tert-OH is 1. The van der Waals surface area contributed by atoms with E-state index in [1.54, 1.807) is 31.2 Å². The van der Waals surface area contributed by atoms with Crippen molar-refractivity contribution in [2.24, 2.45) is 0 Å². The molecule has 0 fully saturated rings. The van der Waals surface area contributed by atoms with Gasteiger partial charge in [0.2, 0.25) is 0 Å². The van der Waals surface area contributed by atoms with Crippen LogP contribution in [0.4, 0.5) is 0 Å². The number of carbonyl (C=O) groups is 1. The van der Waals surface area contributed by atoms with Gasteiger partial charge in [-0.2, -0.15) is 0 Å². The zero-order chi connectivity index (χ0) is 27.1. The number of benzene rings is 1. The van der Waals surface area contributed by atoms with Gasteiger partial charge in [-0.3, -0.25) is 4.79 Å². The molecule has 0 radical (unpaired) electrons. The fraction of sp³-hybridized carbons (Fsp3) is 0.552. The van der Waals surface area contributed by atoms with E-state index in [9.17, 15) is 9.90 Å². The standard InChI is InChI=1S/C23H33NO4.3C2H6/c1-7-17(2)13-21(22(28-6)11-12-27-5)23(26)24(4)15-19-9-8-10-20(14-19)18(3)16-25;3*1-2/h8-11,13-14,18,25H,2,7,12,15-16H2,1,3-6H3;3*1-2H3/b21-13+,22-11+;;;. The van der Waals surface area contributed by atoms with Crippen molar-refractivity contribution in [1.29, 1.82) is 0 Å². The van der Waals surface area contributed by atoms with E-state index < -0.39 is 0 Å². The average Bonchev–Trinajstić information content (AvgIpc) is 2.90. The van der Waals surface area contributed by atoms with Gasteiger partial charge in [0.1, 0.15) is 5.76 Å². The number of likely N-dealkylation sites (N-methyl/N-ethyl adjacent to an activating group) is 1. The molecule has 196 valence electrons. The molecule has 1 rings (SSSR count). The predicted molar refractivity (Wildman–Crippen MR) is 147 cm³/mol. The molecule has 1 amide bonds. The Kier molecular flexibility index (Phi) is 25.3. The number of nitrogens with zero attached hydrogens (tertiary/aromatic N) is 1. The molecule has 34 heavy (non-hydrogen) atoms. The van der Waals surface area contributed by atoms with Gasteiger partial charge in [-0.25, -0.2) is 0 Å². The number of carbonyl (C=O) groups excluding carboxylic acids is 1. The highest BCUT2D eigenvalue weighted by molar-refractivity contribution is 5.97. The molecule has 1 aromatic carbocycles. The number of aliphatic hydroxyl groups is 1. The van der Waals surface area contributed by atoms with Crippen molar-refractivity contribution >= 4 is 5.91 Å². The van der Waals surface area contributed by atoms with E-state index in [-0.39, 0.29) is 18.4 Å². The SMILES string of the molecule is C=C(/C=C(C(=O)N(C)Cc1cccc(C(C)CO)c1)\C(=C/COC)OC)CC.CC.CC.CC. The van der Waals surface area contributed by atoms with Gasteiger partial charge in [0, 0.05) is 33.2 Å². The Labute approximate surface area is 210 Å². The summed E-state index contributed by atoms with van der Waals surface area (Å²) >= 11 is 0. The van der Waals surface area contributed by atoms with Crippen LogP contribution in [-0.4, -0.2) is 50.4 Å². The van der Waals surface area contributed by atoms with E-state index >= 15 is 0 Å². The highest BCUT2D eigenvalue weighted by Crippen LogP contribution is 2.20. The lowest BCUT2D eigenvalue weighted by atomic mass is 9.99. The second-order valence-electron chi connectivity index (χ2n) is 6.79. The maximum atomic E-state index is 13.2. The highest BCUT2D eigenvalue weighted by atomic mass is 16.5. The highest BCUT2D eigenvalue weighted by Gasteiger charge is 2.20. The van der Waals surface area contributed by atoms with Crippen molar-refractivity contribution in [3.8, 4) is 0 Å². The van der Waals surface area contributed by atoms with Gasteiger partial charge in [0.05, 0.1) is 19.3 Å². The largest absolute Gasteiger partial charge is 0.496 e. The average molecular weight is 478 g/mol. The van der Waals surface area contributed by atoms with E-state index in [1.807, 2.05) is 79.7 Å². The Morgan fingerprint density at radius 2 is 1.74 bits per heavy atom. The quantitative estimate of drug-likeness (QED) is 0.214. The lowest BCUT2D eigenvalue weighted by Gasteiger charge is -2.21. The van der Waals surface area contributed by atoms with Gasteiger partial charge in [0.15, 0.2) is 0 Å². The molecule has 1 unspecified atom stereocenters. The van der Waals surface area contributed by atoms with Crippen LogP contribution in [0.3, 0.4) is 0 Å². The molecule has 0 saturated carbocycles. The van der Waals surface area contributed by atoms with E-state index in [1.165, 1.54) is 7.11 Å². The first-order valence-electron chi connectivity index (χ1n) is 12.5. The van der Waals surface area contributed by atoms with Crippen molar-refractivity contribution in [2.75, 3.05) is 34.5 Å². The molecule has 0 bridgehead atoms. The fourth-order valence-corrected chi connectivity index (χ4v) is 2.66. The molecule has 0 aliphatic carbocycles. The first-order chi connectivity index (χ1) is 16.4.